The molecule has 0 atom stereocenters. The molecule has 1 aromatic carbocycles. The van der Waals surface area contributed by atoms with Gasteiger partial charge in [-0.1, -0.05) is 57.0 Å². The van der Waals surface area contributed by atoms with Crippen LogP contribution in [0.3, 0.4) is 0 Å². The molecule has 3 heteroatoms. The van der Waals surface area contributed by atoms with Crippen molar-refractivity contribution in [3.63, 3.8) is 0 Å². The maximum absolute atomic E-state index is 6.47. The molecule has 0 unspecified atom stereocenters. The van der Waals surface area contributed by atoms with Crippen molar-refractivity contribution in [3.8, 4) is 0 Å². The highest BCUT2D eigenvalue weighted by Crippen LogP contribution is 2.37. The fourth-order valence-electron chi connectivity index (χ4n) is 3.38. The third-order valence-corrected chi connectivity index (χ3v) is 4.51. The summed E-state index contributed by atoms with van der Waals surface area (Å²) in [5, 5.41) is 0. The van der Waals surface area contributed by atoms with Crippen molar-refractivity contribution < 1.29 is 0 Å². The normalized spacial score (nSPS) is 16.0. The second kappa shape index (κ2) is 5.92. The summed E-state index contributed by atoms with van der Waals surface area (Å²) in [4.78, 5) is 4.93. The molecule has 2 aromatic rings. The van der Waals surface area contributed by atoms with Gasteiger partial charge >= 0.3 is 0 Å². The van der Waals surface area contributed by atoms with E-state index in [2.05, 4.69) is 42.7 Å². The van der Waals surface area contributed by atoms with Gasteiger partial charge in [0.15, 0.2) is 0 Å². The van der Waals surface area contributed by atoms with Crippen molar-refractivity contribution in [1.82, 2.24) is 9.55 Å². The predicted molar refractivity (Wildman–Crippen MR) is 87.5 cm³/mol. The summed E-state index contributed by atoms with van der Waals surface area (Å²) in [6.07, 6.45) is 5.10. The molecule has 0 saturated heterocycles. The summed E-state index contributed by atoms with van der Waals surface area (Å²) in [6, 6.07) is 10.5. The van der Waals surface area contributed by atoms with E-state index in [-0.39, 0.29) is 0 Å². The van der Waals surface area contributed by atoms with E-state index in [4.69, 9.17) is 10.7 Å². The number of hydrogen-bond acceptors (Lipinski definition) is 2. The van der Waals surface area contributed by atoms with E-state index in [1.165, 1.54) is 31.2 Å². The number of nitrogen functional groups attached to an aromatic ring is 1. The Balaban J connectivity index is 1.97. The molecule has 3 rings (SSSR count). The van der Waals surface area contributed by atoms with Crippen LogP contribution in [-0.2, 0) is 6.54 Å². The lowest BCUT2D eigenvalue weighted by molar-refractivity contribution is 0.670. The third-order valence-electron chi connectivity index (χ3n) is 4.51. The van der Waals surface area contributed by atoms with Crippen LogP contribution in [-0.4, -0.2) is 9.55 Å². The summed E-state index contributed by atoms with van der Waals surface area (Å²) in [7, 11) is 0. The molecule has 1 aliphatic carbocycles. The molecule has 21 heavy (non-hydrogen) atoms. The summed E-state index contributed by atoms with van der Waals surface area (Å²) < 4.78 is 2.22. The summed E-state index contributed by atoms with van der Waals surface area (Å²) in [5.41, 5.74) is 8.89. The summed E-state index contributed by atoms with van der Waals surface area (Å²) >= 11 is 0. The Hall–Kier alpha value is -1.77. The molecule has 0 bridgehead atoms. The monoisotopic (exact) mass is 283 g/mol. The lowest BCUT2D eigenvalue weighted by Crippen LogP contribution is -2.10. The minimum Gasteiger partial charge on any atom is -0.384 e. The molecular formula is C18H25N3. The zero-order valence-electron chi connectivity index (χ0n) is 13.0. The SMILES string of the molecule is CC(C)c1nc(C2CCCC2)c(N)n1Cc1ccccc1. The van der Waals surface area contributed by atoms with Gasteiger partial charge in [-0.25, -0.2) is 4.98 Å². The maximum Gasteiger partial charge on any atom is 0.127 e. The molecule has 112 valence electrons. The quantitative estimate of drug-likeness (QED) is 0.909. The maximum atomic E-state index is 6.47. The Morgan fingerprint density at radius 3 is 2.48 bits per heavy atom. The molecule has 3 nitrogen and oxygen atoms in total. The minimum atomic E-state index is 0.395. The zero-order valence-corrected chi connectivity index (χ0v) is 13.0. The molecule has 0 spiro atoms. The average Bonchev–Trinajstić information content (AvgIpc) is 3.09. The summed E-state index contributed by atoms with van der Waals surface area (Å²) in [5.74, 6) is 2.97. The molecule has 1 aromatic heterocycles. The summed E-state index contributed by atoms with van der Waals surface area (Å²) in [6.45, 7) is 5.21. The van der Waals surface area contributed by atoms with Gasteiger partial charge in [0.25, 0.3) is 0 Å². The Kier molecular flexibility index (Phi) is 4.00. The van der Waals surface area contributed by atoms with Crippen LogP contribution >= 0.6 is 0 Å². The molecule has 1 heterocycles. The number of imidazole rings is 1. The zero-order chi connectivity index (χ0) is 14.8. The molecule has 0 aliphatic heterocycles. The predicted octanol–water partition coefficient (Wildman–Crippen LogP) is 4.29. The molecule has 2 N–H and O–H groups in total. The lowest BCUT2D eigenvalue weighted by atomic mass is 10.0. The molecule has 1 aliphatic rings. The Morgan fingerprint density at radius 2 is 1.86 bits per heavy atom. The standard InChI is InChI=1S/C18H25N3/c1-13(2)18-20-16(15-10-6-7-11-15)17(19)21(18)12-14-8-4-3-5-9-14/h3-5,8-9,13,15H,6-7,10-12,19H2,1-2H3. The topological polar surface area (TPSA) is 43.8 Å². The number of benzene rings is 1. The Bertz CT molecular complexity index is 592. The van der Waals surface area contributed by atoms with Crippen molar-refractivity contribution in [3.05, 3.63) is 47.4 Å². The van der Waals surface area contributed by atoms with Crippen LogP contribution < -0.4 is 5.73 Å². The van der Waals surface area contributed by atoms with Gasteiger partial charge in [-0.05, 0) is 18.4 Å². The lowest BCUT2D eigenvalue weighted by Gasteiger charge is -2.12. The number of aromatic nitrogens is 2. The smallest absolute Gasteiger partial charge is 0.127 e. The van der Waals surface area contributed by atoms with Gasteiger partial charge in [-0.15, -0.1) is 0 Å². The average molecular weight is 283 g/mol. The van der Waals surface area contributed by atoms with E-state index in [0.717, 1.165) is 23.9 Å². The number of anilines is 1. The van der Waals surface area contributed by atoms with Gasteiger partial charge in [-0.2, -0.15) is 0 Å². The van der Waals surface area contributed by atoms with Crippen molar-refractivity contribution in [2.24, 2.45) is 0 Å². The number of rotatable bonds is 4. The van der Waals surface area contributed by atoms with E-state index >= 15 is 0 Å². The highest BCUT2D eigenvalue weighted by Gasteiger charge is 2.26. The van der Waals surface area contributed by atoms with Crippen LogP contribution in [0.1, 0.15) is 68.4 Å². The van der Waals surface area contributed by atoms with E-state index in [1.807, 2.05) is 6.07 Å². The van der Waals surface area contributed by atoms with E-state index in [0.29, 0.717) is 11.8 Å². The first-order chi connectivity index (χ1) is 10.2. The number of hydrogen-bond donors (Lipinski definition) is 1. The largest absolute Gasteiger partial charge is 0.384 e. The fraction of sp³-hybridized carbons (Fsp3) is 0.500. The van der Waals surface area contributed by atoms with E-state index in [1.54, 1.807) is 0 Å². The molecule has 1 fully saturated rings. The fourth-order valence-corrected chi connectivity index (χ4v) is 3.38. The number of nitrogens with zero attached hydrogens (tertiary/aromatic N) is 2. The first-order valence-electron chi connectivity index (χ1n) is 8.06. The molecular weight excluding hydrogens is 258 g/mol. The van der Waals surface area contributed by atoms with Crippen LogP contribution in [0.15, 0.2) is 30.3 Å². The van der Waals surface area contributed by atoms with Gasteiger partial charge in [0.2, 0.25) is 0 Å². The second-order valence-electron chi connectivity index (χ2n) is 6.45. The van der Waals surface area contributed by atoms with Gasteiger partial charge in [-0.3, -0.25) is 0 Å². The van der Waals surface area contributed by atoms with Gasteiger partial charge in [0.05, 0.1) is 12.2 Å². The highest BCUT2D eigenvalue weighted by molar-refractivity contribution is 5.42. The van der Waals surface area contributed by atoms with Gasteiger partial charge < -0.3 is 10.3 Å². The molecule has 0 radical (unpaired) electrons. The van der Waals surface area contributed by atoms with Crippen LogP contribution in [0.2, 0.25) is 0 Å². The number of nitrogens with two attached hydrogens (primary N) is 1. The second-order valence-corrected chi connectivity index (χ2v) is 6.45. The van der Waals surface area contributed by atoms with Crippen LogP contribution in [0, 0.1) is 0 Å². The van der Waals surface area contributed by atoms with Gasteiger partial charge in [0, 0.05) is 11.8 Å². The molecule has 0 amide bonds. The van der Waals surface area contributed by atoms with Crippen molar-refractivity contribution in [1.29, 1.82) is 0 Å². The van der Waals surface area contributed by atoms with Crippen molar-refractivity contribution >= 4 is 5.82 Å². The first kappa shape index (κ1) is 14.2. The van der Waals surface area contributed by atoms with Crippen LogP contribution in [0.5, 0.6) is 0 Å². The van der Waals surface area contributed by atoms with E-state index in [9.17, 15) is 0 Å². The molecule has 1 saturated carbocycles. The first-order valence-corrected chi connectivity index (χ1v) is 8.06. The van der Waals surface area contributed by atoms with Crippen molar-refractivity contribution in [2.45, 2.75) is 57.9 Å². The Morgan fingerprint density at radius 1 is 1.19 bits per heavy atom. The van der Waals surface area contributed by atoms with E-state index < -0.39 is 0 Å². The van der Waals surface area contributed by atoms with Crippen molar-refractivity contribution in [2.75, 3.05) is 5.73 Å². The van der Waals surface area contributed by atoms with Crippen LogP contribution in [0.25, 0.3) is 0 Å². The third kappa shape index (κ3) is 2.82. The van der Waals surface area contributed by atoms with Gasteiger partial charge in [0.1, 0.15) is 11.6 Å². The Labute approximate surface area is 127 Å². The minimum absolute atomic E-state index is 0.395. The highest BCUT2D eigenvalue weighted by atomic mass is 15.1. The van der Waals surface area contributed by atoms with Crippen LogP contribution in [0.4, 0.5) is 5.82 Å².